The molecule has 1 aromatic carbocycles. The topological polar surface area (TPSA) is 84.8 Å². The number of nitrogens with zero attached hydrogens (tertiary/aromatic N) is 3. The number of aryl methyl sites for hydroxylation is 1. The summed E-state index contributed by atoms with van der Waals surface area (Å²) in [5.74, 6) is 0.546. The van der Waals surface area contributed by atoms with E-state index in [0.717, 1.165) is 17.0 Å². The van der Waals surface area contributed by atoms with E-state index < -0.39 is 0 Å². The first kappa shape index (κ1) is 16.8. The van der Waals surface area contributed by atoms with Gasteiger partial charge in [-0.1, -0.05) is 18.2 Å². The van der Waals surface area contributed by atoms with Crippen LogP contribution in [0.5, 0.6) is 5.75 Å². The molecule has 0 aliphatic carbocycles. The summed E-state index contributed by atoms with van der Waals surface area (Å²) >= 11 is 0. The van der Waals surface area contributed by atoms with Gasteiger partial charge in [0.15, 0.2) is 0 Å². The minimum atomic E-state index is -0.224. The molecule has 2 N–H and O–H groups in total. The third-order valence-electron chi connectivity index (χ3n) is 3.74. The molecule has 1 amide bonds. The second kappa shape index (κ2) is 7.65. The third kappa shape index (κ3) is 4.47. The van der Waals surface area contributed by atoms with Crippen molar-refractivity contribution in [1.82, 2.24) is 25.3 Å². The Morgan fingerprint density at radius 1 is 1.36 bits per heavy atom. The Morgan fingerprint density at radius 3 is 2.88 bits per heavy atom. The fourth-order valence-electron chi connectivity index (χ4n) is 2.33. The van der Waals surface area contributed by atoms with Gasteiger partial charge in [-0.2, -0.15) is 10.2 Å². The number of carbonyl (C=O) groups excluding carboxylic acids is 1. The first-order valence-corrected chi connectivity index (χ1v) is 8.13. The molecule has 0 bridgehead atoms. The molecule has 3 rings (SSSR count). The van der Waals surface area contributed by atoms with Crippen molar-refractivity contribution < 1.29 is 9.53 Å². The number of nitrogens with one attached hydrogen (secondary N) is 2. The Kier molecular flexibility index (Phi) is 5.13. The fraction of sp³-hybridized carbons (Fsp3) is 0.278. The number of para-hydroxylation sites is 1. The Balaban J connectivity index is 1.50. The summed E-state index contributed by atoms with van der Waals surface area (Å²) in [6, 6.07) is 11.3. The molecule has 0 saturated heterocycles. The number of amides is 1. The number of aromatic amines is 1. The van der Waals surface area contributed by atoms with Crippen LogP contribution in [0.3, 0.4) is 0 Å². The van der Waals surface area contributed by atoms with E-state index in [4.69, 9.17) is 4.74 Å². The lowest BCUT2D eigenvalue weighted by atomic mass is 10.3. The Morgan fingerprint density at radius 2 is 2.16 bits per heavy atom. The number of H-pyrrole nitrogens is 1. The maximum atomic E-state index is 12.2. The molecule has 0 radical (unpaired) electrons. The first-order valence-electron chi connectivity index (χ1n) is 8.13. The van der Waals surface area contributed by atoms with E-state index in [9.17, 15) is 4.79 Å². The van der Waals surface area contributed by atoms with Gasteiger partial charge in [-0.3, -0.25) is 14.6 Å². The molecule has 25 heavy (non-hydrogen) atoms. The van der Waals surface area contributed by atoms with E-state index in [-0.39, 0.29) is 11.9 Å². The molecule has 1 atom stereocenters. The number of benzene rings is 1. The van der Waals surface area contributed by atoms with Gasteiger partial charge in [-0.15, -0.1) is 0 Å². The summed E-state index contributed by atoms with van der Waals surface area (Å²) in [5.41, 5.74) is 2.17. The molecule has 0 aliphatic heterocycles. The van der Waals surface area contributed by atoms with Crippen LogP contribution in [0.2, 0.25) is 0 Å². The Hall–Kier alpha value is -3.09. The van der Waals surface area contributed by atoms with Crippen LogP contribution in [0.15, 0.2) is 48.8 Å². The molecule has 0 aliphatic rings. The normalized spacial score (nSPS) is 11.9. The Bertz CT molecular complexity index is 825. The fourth-order valence-corrected chi connectivity index (χ4v) is 2.33. The second-order valence-electron chi connectivity index (χ2n) is 5.94. The predicted octanol–water partition coefficient (Wildman–Crippen LogP) is 2.48. The first-order chi connectivity index (χ1) is 12.1. The highest BCUT2D eigenvalue weighted by atomic mass is 16.5. The minimum Gasteiger partial charge on any atom is -0.487 e. The quantitative estimate of drug-likeness (QED) is 0.692. The number of aromatic nitrogens is 4. The molecule has 2 heterocycles. The standard InChI is InChI=1S/C18H21N5O2/c1-13-9-20-23(11-13)14(2)10-19-18(24)17-8-15(21-22-17)12-25-16-6-4-3-5-7-16/h3-9,11,14H,10,12H2,1-2H3,(H,19,24)(H,21,22)/t14-/m1/s1. The molecular weight excluding hydrogens is 318 g/mol. The van der Waals surface area contributed by atoms with Crippen molar-refractivity contribution in [3.8, 4) is 5.75 Å². The molecule has 0 spiro atoms. The van der Waals surface area contributed by atoms with Crippen molar-refractivity contribution in [2.24, 2.45) is 0 Å². The predicted molar refractivity (Wildman–Crippen MR) is 93.4 cm³/mol. The van der Waals surface area contributed by atoms with Crippen LogP contribution in [0.25, 0.3) is 0 Å². The SMILES string of the molecule is Cc1cnn([C@H](C)CNC(=O)c2cc(COc3ccccc3)[nH]n2)c1. The molecule has 7 nitrogen and oxygen atoms in total. The number of hydrogen-bond acceptors (Lipinski definition) is 4. The van der Waals surface area contributed by atoms with E-state index in [2.05, 4.69) is 20.6 Å². The summed E-state index contributed by atoms with van der Waals surface area (Å²) in [7, 11) is 0. The molecule has 0 fully saturated rings. The number of ether oxygens (including phenoxy) is 1. The molecule has 0 saturated carbocycles. The van der Waals surface area contributed by atoms with E-state index in [1.807, 2.05) is 55.1 Å². The molecule has 7 heteroatoms. The van der Waals surface area contributed by atoms with Crippen LogP contribution in [0, 0.1) is 6.92 Å². The number of hydrogen-bond donors (Lipinski definition) is 2. The van der Waals surface area contributed by atoms with Crippen LogP contribution in [0.4, 0.5) is 0 Å². The largest absolute Gasteiger partial charge is 0.487 e. The highest BCUT2D eigenvalue weighted by molar-refractivity contribution is 5.92. The van der Waals surface area contributed by atoms with Crippen molar-refractivity contribution in [3.63, 3.8) is 0 Å². The molecular formula is C18H21N5O2. The average molecular weight is 339 g/mol. The van der Waals surface area contributed by atoms with Gasteiger partial charge in [0.2, 0.25) is 0 Å². The van der Waals surface area contributed by atoms with Crippen LogP contribution in [-0.2, 0) is 6.61 Å². The van der Waals surface area contributed by atoms with E-state index in [0.29, 0.717) is 18.8 Å². The van der Waals surface area contributed by atoms with Crippen LogP contribution < -0.4 is 10.1 Å². The maximum Gasteiger partial charge on any atom is 0.271 e. The van der Waals surface area contributed by atoms with E-state index >= 15 is 0 Å². The Labute approximate surface area is 146 Å². The summed E-state index contributed by atoms with van der Waals surface area (Å²) < 4.78 is 7.46. The van der Waals surface area contributed by atoms with Gasteiger partial charge in [-0.05, 0) is 37.6 Å². The molecule has 2 aromatic heterocycles. The van der Waals surface area contributed by atoms with Crippen LogP contribution in [0.1, 0.15) is 34.7 Å². The smallest absolute Gasteiger partial charge is 0.271 e. The summed E-state index contributed by atoms with van der Waals surface area (Å²) in [5, 5.41) is 14.0. The highest BCUT2D eigenvalue weighted by Crippen LogP contribution is 2.11. The van der Waals surface area contributed by atoms with Gasteiger partial charge in [-0.25, -0.2) is 0 Å². The van der Waals surface area contributed by atoms with Gasteiger partial charge in [0, 0.05) is 12.7 Å². The van der Waals surface area contributed by atoms with Gasteiger partial charge in [0.1, 0.15) is 18.1 Å². The average Bonchev–Trinajstić information content (AvgIpc) is 3.27. The molecule has 130 valence electrons. The van der Waals surface area contributed by atoms with Crippen LogP contribution >= 0.6 is 0 Å². The summed E-state index contributed by atoms with van der Waals surface area (Å²) in [4.78, 5) is 12.2. The van der Waals surface area contributed by atoms with Gasteiger partial charge < -0.3 is 10.1 Å². The molecule has 3 aromatic rings. The zero-order valence-electron chi connectivity index (χ0n) is 14.3. The summed E-state index contributed by atoms with van der Waals surface area (Å²) in [6.07, 6.45) is 3.75. The van der Waals surface area contributed by atoms with E-state index in [1.54, 1.807) is 12.3 Å². The second-order valence-corrected chi connectivity index (χ2v) is 5.94. The molecule has 0 unspecified atom stereocenters. The zero-order valence-corrected chi connectivity index (χ0v) is 14.3. The van der Waals surface area contributed by atoms with Crippen molar-refractivity contribution in [2.45, 2.75) is 26.5 Å². The van der Waals surface area contributed by atoms with Crippen molar-refractivity contribution in [1.29, 1.82) is 0 Å². The lowest BCUT2D eigenvalue weighted by Crippen LogP contribution is -2.30. The van der Waals surface area contributed by atoms with Gasteiger partial charge in [0.05, 0.1) is 17.9 Å². The van der Waals surface area contributed by atoms with Gasteiger partial charge >= 0.3 is 0 Å². The monoisotopic (exact) mass is 339 g/mol. The van der Waals surface area contributed by atoms with Gasteiger partial charge in [0.25, 0.3) is 5.91 Å². The maximum absolute atomic E-state index is 12.2. The van der Waals surface area contributed by atoms with Crippen LogP contribution in [-0.4, -0.2) is 32.4 Å². The number of carbonyl (C=O) groups is 1. The lowest BCUT2D eigenvalue weighted by molar-refractivity contribution is 0.0943. The summed E-state index contributed by atoms with van der Waals surface area (Å²) in [6.45, 7) is 4.78. The highest BCUT2D eigenvalue weighted by Gasteiger charge is 2.13. The van der Waals surface area contributed by atoms with Crippen molar-refractivity contribution in [3.05, 3.63) is 65.7 Å². The third-order valence-corrected chi connectivity index (χ3v) is 3.74. The zero-order chi connectivity index (χ0) is 17.6. The van der Waals surface area contributed by atoms with E-state index in [1.165, 1.54) is 0 Å². The number of rotatable bonds is 7. The lowest BCUT2D eigenvalue weighted by Gasteiger charge is -2.12. The van der Waals surface area contributed by atoms with Crippen molar-refractivity contribution >= 4 is 5.91 Å². The minimum absolute atomic E-state index is 0.0671. The van der Waals surface area contributed by atoms with Crippen molar-refractivity contribution in [2.75, 3.05) is 6.54 Å².